The van der Waals surface area contributed by atoms with Crippen molar-refractivity contribution in [1.29, 1.82) is 0 Å². The van der Waals surface area contributed by atoms with Crippen LogP contribution < -0.4 is 10.0 Å². The van der Waals surface area contributed by atoms with Gasteiger partial charge in [-0.3, -0.25) is 4.90 Å². The van der Waals surface area contributed by atoms with Crippen LogP contribution in [0.2, 0.25) is 0 Å². The third-order valence-corrected chi connectivity index (χ3v) is 3.77. The Kier molecular flexibility index (Phi) is 8.51. The van der Waals surface area contributed by atoms with Gasteiger partial charge in [-0.15, -0.1) is 6.58 Å². The number of hydrogen-bond acceptors (Lipinski definition) is 3. The van der Waals surface area contributed by atoms with Gasteiger partial charge in [-0.1, -0.05) is 25.3 Å². The van der Waals surface area contributed by atoms with E-state index in [1.165, 1.54) is 25.7 Å². The maximum Gasteiger partial charge on any atom is 0.126 e. The molecule has 1 unspecified atom stereocenters. The average molecular weight is 293 g/mol. The number of aliphatic carboxylic acids is 1. The number of nitrogens with one attached hydrogen (secondary N) is 1. The van der Waals surface area contributed by atoms with Crippen LogP contribution in [0.5, 0.6) is 0 Å². The summed E-state index contributed by atoms with van der Waals surface area (Å²) in [5, 5.41) is 10.8. The van der Waals surface area contributed by atoms with E-state index in [1.54, 1.807) is 7.11 Å². The topological polar surface area (TPSA) is 53.8 Å². The first kappa shape index (κ1) is 17.5. The van der Waals surface area contributed by atoms with E-state index in [0.29, 0.717) is 6.54 Å². The lowest BCUT2D eigenvalue weighted by Crippen LogP contribution is -3.11. The fourth-order valence-corrected chi connectivity index (χ4v) is 2.57. The van der Waals surface area contributed by atoms with Gasteiger partial charge in [0.2, 0.25) is 0 Å². The quantitative estimate of drug-likeness (QED) is 0.456. The van der Waals surface area contributed by atoms with Crippen LogP contribution in [0.4, 0.5) is 0 Å². The molecule has 0 bridgehead atoms. The second-order valence-electron chi connectivity index (χ2n) is 5.43. The van der Waals surface area contributed by atoms with Crippen LogP contribution in [0.3, 0.4) is 0 Å². The molecule has 0 aromatic heterocycles. The summed E-state index contributed by atoms with van der Waals surface area (Å²) in [5.41, 5.74) is 1.12. The van der Waals surface area contributed by atoms with Crippen molar-refractivity contribution in [3.05, 3.63) is 36.3 Å². The van der Waals surface area contributed by atoms with Gasteiger partial charge >= 0.3 is 0 Å². The largest absolute Gasteiger partial charge is 0.544 e. The summed E-state index contributed by atoms with van der Waals surface area (Å²) in [5.74, 6) is -0.173. The molecule has 0 spiro atoms. The second-order valence-corrected chi connectivity index (χ2v) is 5.43. The molecule has 4 nitrogen and oxygen atoms in total. The Morgan fingerprint density at radius 1 is 1.38 bits per heavy atom. The number of carboxylic acid groups (broad SMARTS) is 1. The van der Waals surface area contributed by atoms with E-state index in [-0.39, 0.29) is 6.54 Å². The van der Waals surface area contributed by atoms with Crippen LogP contribution in [-0.2, 0) is 9.53 Å². The Labute approximate surface area is 127 Å². The first-order valence-electron chi connectivity index (χ1n) is 7.78. The van der Waals surface area contributed by atoms with Crippen LogP contribution in [0.25, 0.3) is 0 Å². The zero-order valence-corrected chi connectivity index (χ0v) is 13.0. The number of methoxy groups -OCH3 is 1. The molecule has 0 fully saturated rings. The maximum atomic E-state index is 10.8. The Morgan fingerprint density at radius 3 is 2.76 bits per heavy atom. The minimum absolute atomic E-state index is 0.0265. The molecule has 0 saturated carbocycles. The summed E-state index contributed by atoms with van der Waals surface area (Å²) in [6.07, 6.45) is 13.8. The van der Waals surface area contributed by atoms with Crippen LogP contribution in [-0.4, -0.2) is 26.2 Å². The summed E-state index contributed by atoms with van der Waals surface area (Å²) in [4.78, 5) is 11.8. The van der Waals surface area contributed by atoms with E-state index in [1.807, 2.05) is 18.2 Å². The number of rotatable bonds is 11. The third-order valence-electron chi connectivity index (χ3n) is 3.77. The van der Waals surface area contributed by atoms with Crippen molar-refractivity contribution in [3.8, 4) is 0 Å². The smallest absolute Gasteiger partial charge is 0.126 e. The maximum absolute atomic E-state index is 10.8. The lowest BCUT2D eigenvalue weighted by Gasteiger charge is -2.24. The van der Waals surface area contributed by atoms with Gasteiger partial charge in [-0.2, -0.15) is 0 Å². The van der Waals surface area contributed by atoms with Crippen molar-refractivity contribution in [3.63, 3.8) is 0 Å². The van der Waals surface area contributed by atoms with Gasteiger partial charge in [-0.25, -0.2) is 0 Å². The van der Waals surface area contributed by atoms with Crippen molar-refractivity contribution in [2.75, 3.05) is 20.2 Å². The standard InChI is InChI=1S/C17H27NO3/c1-3-4-5-6-7-8-9-10-15-13-16(21-2)11-12-18(15)14-17(19)20/h3,11,13H,1,4-10,12,14H2,2H3,(H,19,20). The first-order valence-corrected chi connectivity index (χ1v) is 7.78. The van der Waals surface area contributed by atoms with Crippen molar-refractivity contribution < 1.29 is 19.5 Å². The Morgan fingerprint density at radius 2 is 2.10 bits per heavy atom. The SMILES string of the molecule is C=CCCCCCCCC1=CC(OC)=CC[NH+]1CC(=O)[O-]. The average Bonchev–Trinajstić information content (AvgIpc) is 2.47. The molecular weight excluding hydrogens is 266 g/mol. The highest BCUT2D eigenvalue weighted by Gasteiger charge is 2.19. The third kappa shape index (κ3) is 7.14. The van der Waals surface area contributed by atoms with E-state index in [0.717, 1.165) is 35.6 Å². The monoisotopic (exact) mass is 293 g/mol. The van der Waals surface area contributed by atoms with E-state index in [9.17, 15) is 9.90 Å². The molecular formula is C17H27NO3. The van der Waals surface area contributed by atoms with Crippen LogP contribution in [0.1, 0.15) is 44.9 Å². The molecule has 118 valence electrons. The molecule has 0 aliphatic carbocycles. The van der Waals surface area contributed by atoms with Gasteiger partial charge in [0.25, 0.3) is 0 Å². The van der Waals surface area contributed by atoms with Crippen molar-refractivity contribution >= 4 is 5.97 Å². The highest BCUT2D eigenvalue weighted by atomic mass is 16.5. The lowest BCUT2D eigenvalue weighted by atomic mass is 10.1. The summed E-state index contributed by atoms with van der Waals surface area (Å²) in [6, 6.07) is 0. The number of carbonyl (C=O) groups is 1. The summed E-state index contributed by atoms with van der Waals surface area (Å²) in [7, 11) is 1.64. The molecule has 4 heteroatoms. The van der Waals surface area contributed by atoms with Crippen LogP contribution in [0.15, 0.2) is 36.3 Å². The van der Waals surface area contributed by atoms with Crippen LogP contribution in [0, 0.1) is 0 Å². The molecule has 0 aromatic carbocycles. The second kappa shape index (κ2) is 10.2. The van der Waals surface area contributed by atoms with Gasteiger partial charge in [0, 0.05) is 18.6 Å². The van der Waals surface area contributed by atoms with E-state index >= 15 is 0 Å². The van der Waals surface area contributed by atoms with Gasteiger partial charge in [0.15, 0.2) is 0 Å². The van der Waals surface area contributed by atoms with Crippen molar-refractivity contribution in [2.45, 2.75) is 44.9 Å². The molecule has 0 aromatic rings. The van der Waals surface area contributed by atoms with Gasteiger partial charge in [0.05, 0.1) is 13.1 Å². The zero-order chi connectivity index (χ0) is 15.5. The molecule has 0 saturated heterocycles. The zero-order valence-electron chi connectivity index (χ0n) is 13.0. The summed E-state index contributed by atoms with van der Waals surface area (Å²) < 4.78 is 5.25. The molecule has 21 heavy (non-hydrogen) atoms. The molecule has 0 amide bonds. The number of carbonyl (C=O) groups excluding carboxylic acids is 1. The van der Waals surface area contributed by atoms with Gasteiger partial charge in [0.1, 0.15) is 24.5 Å². The predicted octanol–water partition coefficient (Wildman–Crippen LogP) is 0.966. The molecule has 1 rings (SSSR count). The highest BCUT2D eigenvalue weighted by molar-refractivity contribution is 5.65. The molecule has 1 N–H and O–H groups in total. The molecule has 1 heterocycles. The normalized spacial score (nSPS) is 17.9. The van der Waals surface area contributed by atoms with Gasteiger partial charge in [-0.05, 0) is 19.3 Å². The summed E-state index contributed by atoms with van der Waals surface area (Å²) in [6.45, 7) is 4.40. The predicted molar refractivity (Wildman–Crippen MR) is 81.4 cm³/mol. The number of carboxylic acids is 1. The van der Waals surface area contributed by atoms with E-state index < -0.39 is 5.97 Å². The number of quaternary nitrogens is 1. The van der Waals surface area contributed by atoms with E-state index in [4.69, 9.17) is 4.74 Å². The molecule has 0 radical (unpaired) electrons. The van der Waals surface area contributed by atoms with Crippen molar-refractivity contribution in [1.82, 2.24) is 0 Å². The number of allylic oxidation sites excluding steroid dienone is 3. The van der Waals surface area contributed by atoms with Crippen LogP contribution >= 0.6 is 0 Å². The Bertz CT molecular complexity index is 399. The minimum Gasteiger partial charge on any atom is -0.544 e. The molecule has 1 atom stereocenters. The number of unbranched alkanes of at least 4 members (excludes halogenated alkanes) is 5. The molecule has 1 aliphatic heterocycles. The lowest BCUT2D eigenvalue weighted by molar-refractivity contribution is -0.851. The highest BCUT2D eigenvalue weighted by Crippen LogP contribution is 2.12. The fourth-order valence-electron chi connectivity index (χ4n) is 2.57. The number of hydrogen-bond donors (Lipinski definition) is 1. The van der Waals surface area contributed by atoms with E-state index in [2.05, 4.69) is 6.58 Å². The number of ether oxygens (including phenoxy) is 1. The summed E-state index contributed by atoms with van der Waals surface area (Å²) >= 11 is 0. The Balaban J connectivity index is 2.36. The van der Waals surface area contributed by atoms with Gasteiger partial charge < -0.3 is 14.6 Å². The minimum atomic E-state index is -1.01. The molecule has 1 aliphatic rings. The first-order chi connectivity index (χ1) is 10.2. The fraction of sp³-hybridized carbons (Fsp3) is 0.588. The van der Waals surface area contributed by atoms with Crippen molar-refractivity contribution in [2.24, 2.45) is 0 Å². The Hall–Kier alpha value is -1.55.